The number of hydrogen-bond acceptors (Lipinski definition) is 5. The maximum Gasteiger partial charge on any atom is 0.264 e. The number of anilines is 1. The van der Waals surface area contributed by atoms with Crippen LogP contribution in [-0.4, -0.2) is 50.0 Å². The number of benzene rings is 3. The minimum Gasteiger partial charge on any atom is -0.352 e. The lowest BCUT2D eigenvalue weighted by Gasteiger charge is -2.33. The van der Waals surface area contributed by atoms with E-state index in [2.05, 4.69) is 5.32 Å². The molecule has 0 aliphatic rings. The molecular formula is C31H39N3O4S2. The molecule has 0 aliphatic carbocycles. The topological polar surface area (TPSA) is 86.8 Å². The van der Waals surface area contributed by atoms with Crippen LogP contribution in [0.4, 0.5) is 5.69 Å². The van der Waals surface area contributed by atoms with Crippen LogP contribution in [0.1, 0.15) is 43.9 Å². The molecule has 9 heteroatoms. The number of carbonyl (C=O) groups excluding carboxylic acids is 2. The number of hydrogen-bond donors (Lipinski definition) is 1. The maximum absolute atomic E-state index is 14.1. The first kappa shape index (κ1) is 31.2. The average molecular weight is 582 g/mol. The Morgan fingerprint density at radius 2 is 1.57 bits per heavy atom. The molecule has 0 aromatic heterocycles. The molecule has 0 bridgehead atoms. The zero-order valence-electron chi connectivity index (χ0n) is 24.0. The van der Waals surface area contributed by atoms with Crippen LogP contribution >= 0.6 is 11.8 Å². The van der Waals surface area contributed by atoms with Crippen molar-refractivity contribution in [1.82, 2.24) is 10.2 Å². The van der Waals surface area contributed by atoms with E-state index in [4.69, 9.17) is 0 Å². The smallest absolute Gasteiger partial charge is 0.264 e. The highest BCUT2D eigenvalue weighted by Gasteiger charge is 2.33. The number of aryl methyl sites for hydroxylation is 2. The molecule has 3 aromatic carbocycles. The second-order valence-electron chi connectivity index (χ2n) is 10.1. The van der Waals surface area contributed by atoms with Gasteiger partial charge in [-0.2, -0.15) is 0 Å². The van der Waals surface area contributed by atoms with Gasteiger partial charge >= 0.3 is 0 Å². The number of amides is 2. The largest absolute Gasteiger partial charge is 0.352 e. The standard InChI is InChI=1S/C31H39N3O4S2/c1-7-29(31(36)32-22(2)3)33(20-25-10-8-9-24(5)19-25)30(35)21-34(26-13-11-23(4)12-14-26)40(37,38)28-17-15-27(39-6)16-18-28/h8-19,22,29H,7,20-21H2,1-6H3,(H,32,36). The summed E-state index contributed by atoms with van der Waals surface area (Å²) in [4.78, 5) is 29.8. The zero-order chi connectivity index (χ0) is 29.4. The van der Waals surface area contributed by atoms with Crippen LogP contribution in [0.5, 0.6) is 0 Å². The number of nitrogens with one attached hydrogen (secondary N) is 1. The SMILES string of the molecule is CCC(C(=O)NC(C)C)N(Cc1cccc(C)c1)C(=O)CN(c1ccc(C)cc1)S(=O)(=O)c1ccc(SC)cc1. The van der Waals surface area contributed by atoms with Gasteiger partial charge in [-0.15, -0.1) is 11.8 Å². The van der Waals surface area contributed by atoms with Crippen LogP contribution in [-0.2, 0) is 26.2 Å². The average Bonchev–Trinajstić information content (AvgIpc) is 2.91. The predicted octanol–water partition coefficient (Wildman–Crippen LogP) is 5.55. The van der Waals surface area contributed by atoms with Crippen molar-refractivity contribution in [3.63, 3.8) is 0 Å². The Morgan fingerprint density at radius 1 is 0.925 bits per heavy atom. The molecular weight excluding hydrogens is 542 g/mol. The fraction of sp³-hybridized carbons (Fsp3) is 0.355. The number of sulfonamides is 1. The van der Waals surface area contributed by atoms with Gasteiger partial charge in [0.1, 0.15) is 12.6 Å². The van der Waals surface area contributed by atoms with Gasteiger partial charge in [0.25, 0.3) is 10.0 Å². The molecule has 0 saturated heterocycles. The Hall–Kier alpha value is -3.30. The van der Waals surface area contributed by atoms with Crippen LogP contribution in [0.2, 0.25) is 0 Å². The highest BCUT2D eigenvalue weighted by Crippen LogP contribution is 2.27. The highest BCUT2D eigenvalue weighted by molar-refractivity contribution is 7.98. The fourth-order valence-corrected chi connectivity index (χ4v) is 6.24. The van der Waals surface area contributed by atoms with Gasteiger partial charge in [-0.25, -0.2) is 8.42 Å². The first-order valence-electron chi connectivity index (χ1n) is 13.3. The van der Waals surface area contributed by atoms with Crippen molar-refractivity contribution in [2.24, 2.45) is 0 Å². The van der Waals surface area contributed by atoms with Crippen LogP contribution in [0.15, 0.2) is 82.6 Å². The molecule has 0 fully saturated rings. The summed E-state index contributed by atoms with van der Waals surface area (Å²) in [6, 6.07) is 20.5. The summed E-state index contributed by atoms with van der Waals surface area (Å²) in [5, 5.41) is 2.92. The van der Waals surface area contributed by atoms with Crippen molar-refractivity contribution in [3.8, 4) is 0 Å². The molecule has 0 saturated carbocycles. The Bertz CT molecular complexity index is 1410. The maximum atomic E-state index is 14.1. The summed E-state index contributed by atoms with van der Waals surface area (Å²) in [6.07, 6.45) is 2.30. The number of rotatable bonds is 12. The molecule has 1 N–H and O–H groups in total. The third-order valence-electron chi connectivity index (χ3n) is 6.50. The summed E-state index contributed by atoms with van der Waals surface area (Å²) in [6.45, 7) is 9.19. The molecule has 2 amide bonds. The lowest BCUT2D eigenvalue weighted by Crippen LogP contribution is -2.53. The summed E-state index contributed by atoms with van der Waals surface area (Å²) in [5.74, 6) is -0.729. The Balaban J connectivity index is 2.06. The van der Waals surface area contributed by atoms with Gasteiger partial charge in [0.2, 0.25) is 11.8 Å². The first-order chi connectivity index (χ1) is 19.0. The van der Waals surface area contributed by atoms with Crippen molar-refractivity contribution in [3.05, 3.63) is 89.5 Å². The lowest BCUT2D eigenvalue weighted by atomic mass is 10.1. The van der Waals surface area contributed by atoms with E-state index in [-0.39, 0.29) is 23.4 Å². The van der Waals surface area contributed by atoms with Crippen LogP contribution in [0.25, 0.3) is 0 Å². The second-order valence-corrected chi connectivity index (χ2v) is 12.9. The molecule has 40 heavy (non-hydrogen) atoms. The molecule has 0 aliphatic heterocycles. The quantitative estimate of drug-likeness (QED) is 0.283. The molecule has 214 valence electrons. The summed E-state index contributed by atoms with van der Waals surface area (Å²) >= 11 is 1.52. The van der Waals surface area contributed by atoms with Gasteiger partial charge in [0, 0.05) is 17.5 Å². The lowest BCUT2D eigenvalue weighted by molar-refractivity contribution is -0.140. The van der Waals surface area contributed by atoms with Gasteiger partial charge in [0.15, 0.2) is 0 Å². The third kappa shape index (κ3) is 7.88. The molecule has 1 unspecified atom stereocenters. The molecule has 3 aromatic rings. The summed E-state index contributed by atoms with van der Waals surface area (Å²) in [5.41, 5.74) is 3.24. The van der Waals surface area contributed by atoms with Crippen molar-refractivity contribution in [2.45, 2.75) is 69.5 Å². The molecule has 1 atom stereocenters. The van der Waals surface area contributed by atoms with E-state index in [0.29, 0.717) is 12.1 Å². The molecule has 3 rings (SSSR count). The van der Waals surface area contributed by atoms with Crippen molar-refractivity contribution in [1.29, 1.82) is 0 Å². The Labute approximate surface area is 243 Å². The van der Waals surface area contributed by atoms with E-state index < -0.39 is 28.5 Å². The van der Waals surface area contributed by atoms with Crippen LogP contribution in [0, 0.1) is 13.8 Å². The first-order valence-corrected chi connectivity index (χ1v) is 16.0. The summed E-state index contributed by atoms with van der Waals surface area (Å²) in [7, 11) is -4.10. The van der Waals surface area contributed by atoms with E-state index in [0.717, 1.165) is 25.9 Å². The molecule has 0 radical (unpaired) electrons. The monoisotopic (exact) mass is 581 g/mol. The highest BCUT2D eigenvalue weighted by atomic mass is 32.2. The molecule has 0 spiro atoms. The van der Waals surface area contributed by atoms with Gasteiger partial charge in [-0.1, -0.05) is 54.4 Å². The minimum absolute atomic E-state index is 0.0912. The van der Waals surface area contributed by atoms with Crippen molar-refractivity contribution in [2.75, 3.05) is 17.1 Å². The molecule has 0 heterocycles. The fourth-order valence-electron chi connectivity index (χ4n) is 4.42. The van der Waals surface area contributed by atoms with E-state index in [1.54, 1.807) is 36.4 Å². The van der Waals surface area contributed by atoms with Crippen LogP contribution in [0.3, 0.4) is 0 Å². The molecule has 7 nitrogen and oxygen atoms in total. The van der Waals surface area contributed by atoms with E-state index in [1.165, 1.54) is 16.7 Å². The Kier molecular flexibility index (Phi) is 10.8. The second kappa shape index (κ2) is 13.9. The van der Waals surface area contributed by atoms with Crippen molar-refractivity contribution < 1.29 is 18.0 Å². The van der Waals surface area contributed by atoms with Gasteiger partial charge in [-0.3, -0.25) is 13.9 Å². The van der Waals surface area contributed by atoms with Gasteiger partial charge in [-0.05, 0) is 82.3 Å². The number of nitrogens with zero attached hydrogens (tertiary/aromatic N) is 2. The van der Waals surface area contributed by atoms with Gasteiger partial charge < -0.3 is 10.2 Å². The van der Waals surface area contributed by atoms with Crippen LogP contribution < -0.4 is 9.62 Å². The van der Waals surface area contributed by atoms with E-state index in [9.17, 15) is 18.0 Å². The van der Waals surface area contributed by atoms with Gasteiger partial charge in [0.05, 0.1) is 10.6 Å². The third-order valence-corrected chi connectivity index (χ3v) is 9.03. The minimum atomic E-state index is -4.10. The predicted molar refractivity (Wildman–Crippen MR) is 163 cm³/mol. The van der Waals surface area contributed by atoms with Crippen molar-refractivity contribution >= 4 is 39.3 Å². The Morgan fingerprint density at radius 3 is 2.12 bits per heavy atom. The zero-order valence-corrected chi connectivity index (χ0v) is 25.7. The normalized spacial score (nSPS) is 12.2. The van der Waals surface area contributed by atoms with E-state index in [1.807, 2.05) is 77.3 Å². The summed E-state index contributed by atoms with van der Waals surface area (Å²) < 4.78 is 29.1. The number of carbonyl (C=O) groups is 2. The van der Waals surface area contributed by atoms with E-state index >= 15 is 0 Å². The number of thioether (sulfide) groups is 1.